The highest BCUT2D eigenvalue weighted by atomic mass is 16.5. The standard InChI is InChI=1S/C20H22N2O6/c1-26-16-8-5-7-14(10-16)20(25)22-12-19(24)28-13-18(23)21-11-15-6-3-4-9-17(15)27-2/h3-10H,11-13H2,1-2H3,(H,21,23)(H,22,25). The second-order valence-electron chi connectivity index (χ2n) is 5.66. The molecule has 0 unspecified atom stereocenters. The molecular formula is C20H22N2O6. The second kappa shape index (κ2) is 10.6. The van der Waals surface area contributed by atoms with Crippen LogP contribution in [-0.4, -0.2) is 45.2 Å². The molecule has 8 nitrogen and oxygen atoms in total. The summed E-state index contributed by atoms with van der Waals surface area (Å²) in [5.74, 6) is -0.444. The zero-order valence-corrected chi connectivity index (χ0v) is 15.7. The number of hydrogen-bond donors (Lipinski definition) is 2. The van der Waals surface area contributed by atoms with Crippen molar-refractivity contribution in [2.75, 3.05) is 27.4 Å². The van der Waals surface area contributed by atoms with E-state index < -0.39 is 24.4 Å². The first-order valence-corrected chi connectivity index (χ1v) is 8.50. The van der Waals surface area contributed by atoms with E-state index >= 15 is 0 Å². The van der Waals surface area contributed by atoms with Gasteiger partial charge in [0.25, 0.3) is 11.8 Å². The molecule has 0 fully saturated rings. The average molecular weight is 386 g/mol. The van der Waals surface area contributed by atoms with Gasteiger partial charge in [0.1, 0.15) is 18.0 Å². The van der Waals surface area contributed by atoms with Gasteiger partial charge < -0.3 is 24.8 Å². The molecule has 8 heteroatoms. The van der Waals surface area contributed by atoms with Gasteiger partial charge in [-0.1, -0.05) is 24.3 Å². The molecule has 148 valence electrons. The van der Waals surface area contributed by atoms with Crippen molar-refractivity contribution in [1.82, 2.24) is 10.6 Å². The second-order valence-corrected chi connectivity index (χ2v) is 5.66. The van der Waals surface area contributed by atoms with Gasteiger partial charge in [-0.3, -0.25) is 14.4 Å². The number of hydrogen-bond acceptors (Lipinski definition) is 6. The molecule has 2 rings (SSSR count). The molecule has 0 bridgehead atoms. The Kier molecular flexibility index (Phi) is 7.83. The van der Waals surface area contributed by atoms with Crippen LogP contribution in [0.4, 0.5) is 0 Å². The lowest BCUT2D eigenvalue weighted by atomic mass is 10.2. The van der Waals surface area contributed by atoms with Crippen LogP contribution in [-0.2, 0) is 20.9 Å². The number of ether oxygens (including phenoxy) is 3. The Morgan fingerprint density at radius 2 is 1.71 bits per heavy atom. The van der Waals surface area contributed by atoms with Gasteiger partial charge in [-0.2, -0.15) is 0 Å². The van der Waals surface area contributed by atoms with E-state index in [1.165, 1.54) is 7.11 Å². The molecule has 0 aromatic heterocycles. The Balaban J connectivity index is 1.71. The number of methoxy groups -OCH3 is 2. The minimum atomic E-state index is -0.719. The maximum absolute atomic E-state index is 12.0. The van der Waals surface area contributed by atoms with Crippen molar-refractivity contribution in [3.8, 4) is 11.5 Å². The monoisotopic (exact) mass is 386 g/mol. The van der Waals surface area contributed by atoms with Gasteiger partial charge in [0.2, 0.25) is 0 Å². The van der Waals surface area contributed by atoms with E-state index in [-0.39, 0.29) is 13.1 Å². The molecule has 0 atom stereocenters. The third-order valence-electron chi connectivity index (χ3n) is 3.76. The fourth-order valence-corrected chi connectivity index (χ4v) is 2.31. The number of carbonyl (C=O) groups excluding carboxylic acids is 3. The summed E-state index contributed by atoms with van der Waals surface area (Å²) in [7, 11) is 3.04. The predicted octanol–water partition coefficient (Wildman–Crippen LogP) is 1.29. The summed E-state index contributed by atoms with van der Waals surface area (Å²) in [5, 5.41) is 5.06. The number of para-hydroxylation sites is 1. The van der Waals surface area contributed by atoms with Crippen LogP contribution in [0.1, 0.15) is 15.9 Å². The molecule has 0 saturated carbocycles. The van der Waals surface area contributed by atoms with Gasteiger partial charge in [-0.05, 0) is 24.3 Å². The molecule has 0 spiro atoms. The lowest BCUT2D eigenvalue weighted by Crippen LogP contribution is -2.33. The third-order valence-corrected chi connectivity index (χ3v) is 3.76. The zero-order chi connectivity index (χ0) is 20.4. The first kappa shape index (κ1) is 20.8. The van der Waals surface area contributed by atoms with Crippen LogP contribution in [0.3, 0.4) is 0 Å². The minimum absolute atomic E-state index is 0.243. The SMILES string of the molecule is COc1cccc(C(=O)NCC(=O)OCC(=O)NCc2ccccc2OC)c1. The molecule has 0 saturated heterocycles. The highest BCUT2D eigenvalue weighted by Gasteiger charge is 2.12. The summed E-state index contributed by atoms with van der Waals surface area (Å²) in [6.45, 7) is -0.550. The van der Waals surface area contributed by atoms with Crippen LogP contribution < -0.4 is 20.1 Å². The molecule has 28 heavy (non-hydrogen) atoms. The van der Waals surface area contributed by atoms with Crippen molar-refractivity contribution in [3.63, 3.8) is 0 Å². The highest BCUT2D eigenvalue weighted by molar-refractivity contribution is 5.96. The van der Waals surface area contributed by atoms with Gasteiger partial charge in [-0.25, -0.2) is 0 Å². The maximum Gasteiger partial charge on any atom is 0.325 e. The topological polar surface area (TPSA) is 103 Å². The summed E-state index contributed by atoms with van der Waals surface area (Å²) in [6.07, 6.45) is 0. The predicted molar refractivity (Wildman–Crippen MR) is 101 cm³/mol. The normalized spacial score (nSPS) is 9.93. The van der Waals surface area contributed by atoms with Crippen LogP contribution in [0.5, 0.6) is 11.5 Å². The molecule has 0 aliphatic carbocycles. The fourth-order valence-electron chi connectivity index (χ4n) is 2.31. The Labute approximate surface area is 162 Å². The Morgan fingerprint density at radius 3 is 2.46 bits per heavy atom. The summed E-state index contributed by atoms with van der Waals surface area (Å²) in [5.41, 5.74) is 1.15. The molecule has 2 aromatic rings. The number of benzene rings is 2. The van der Waals surface area contributed by atoms with Crippen molar-refractivity contribution in [1.29, 1.82) is 0 Å². The van der Waals surface area contributed by atoms with Crippen LogP contribution in [0.2, 0.25) is 0 Å². The number of esters is 1. The van der Waals surface area contributed by atoms with Crippen molar-refractivity contribution in [3.05, 3.63) is 59.7 Å². The first-order valence-electron chi connectivity index (χ1n) is 8.50. The van der Waals surface area contributed by atoms with Crippen LogP contribution in [0.15, 0.2) is 48.5 Å². The van der Waals surface area contributed by atoms with Crippen molar-refractivity contribution < 1.29 is 28.6 Å². The maximum atomic E-state index is 12.0. The summed E-state index contributed by atoms with van der Waals surface area (Å²) in [4.78, 5) is 35.5. The molecule has 2 aromatic carbocycles. The third kappa shape index (κ3) is 6.31. The van der Waals surface area contributed by atoms with Crippen LogP contribution in [0, 0.1) is 0 Å². The molecule has 0 aliphatic rings. The number of rotatable bonds is 9. The zero-order valence-electron chi connectivity index (χ0n) is 15.7. The number of carbonyl (C=O) groups is 3. The fraction of sp³-hybridized carbons (Fsp3) is 0.250. The van der Waals surface area contributed by atoms with Gasteiger partial charge in [-0.15, -0.1) is 0 Å². The molecule has 0 aliphatic heterocycles. The van der Waals surface area contributed by atoms with E-state index in [1.54, 1.807) is 37.4 Å². The van der Waals surface area contributed by atoms with E-state index in [4.69, 9.17) is 14.2 Å². The van der Waals surface area contributed by atoms with E-state index in [0.29, 0.717) is 17.1 Å². The lowest BCUT2D eigenvalue weighted by Gasteiger charge is -2.10. The minimum Gasteiger partial charge on any atom is -0.497 e. The van der Waals surface area contributed by atoms with Crippen molar-refractivity contribution in [2.24, 2.45) is 0 Å². The quantitative estimate of drug-likeness (QED) is 0.630. The lowest BCUT2D eigenvalue weighted by molar-refractivity contribution is -0.147. The highest BCUT2D eigenvalue weighted by Crippen LogP contribution is 2.16. The smallest absolute Gasteiger partial charge is 0.325 e. The van der Waals surface area contributed by atoms with E-state index in [9.17, 15) is 14.4 Å². The molecule has 0 heterocycles. The van der Waals surface area contributed by atoms with Gasteiger partial charge >= 0.3 is 5.97 Å². The van der Waals surface area contributed by atoms with Crippen LogP contribution in [0.25, 0.3) is 0 Å². The van der Waals surface area contributed by atoms with Gasteiger partial charge in [0.05, 0.1) is 14.2 Å². The van der Waals surface area contributed by atoms with E-state index in [0.717, 1.165) is 5.56 Å². The van der Waals surface area contributed by atoms with Gasteiger partial charge in [0, 0.05) is 17.7 Å². The van der Waals surface area contributed by atoms with Crippen molar-refractivity contribution >= 4 is 17.8 Å². The molecule has 0 radical (unpaired) electrons. The number of nitrogens with one attached hydrogen (secondary N) is 2. The Hall–Kier alpha value is -3.55. The molecular weight excluding hydrogens is 364 g/mol. The van der Waals surface area contributed by atoms with Crippen molar-refractivity contribution in [2.45, 2.75) is 6.54 Å². The largest absolute Gasteiger partial charge is 0.497 e. The first-order chi connectivity index (χ1) is 13.5. The summed E-state index contributed by atoms with van der Waals surface area (Å²) in [6, 6.07) is 13.8. The molecule has 2 amide bonds. The van der Waals surface area contributed by atoms with Gasteiger partial charge in [0.15, 0.2) is 6.61 Å². The Bertz CT molecular complexity index is 837. The summed E-state index contributed by atoms with van der Waals surface area (Å²) >= 11 is 0. The Morgan fingerprint density at radius 1 is 0.929 bits per heavy atom. The number of amides is 2. The molecule has 2 N–H and O–H groups in total. The van der Waals surface area contributed by atoms with E-state index in [2.05, 4.69) is 10.6 Å². The van der Waals surface area contributed by atoms with E-state index in [1.807, 2.05) is 18.2 Å². The average Bonchev–Trinajstić information content (AvgIpc) is 2.74. The summed E-state index contributed by atoms with van der Waals surface area (Å²) < 4.78 is 15.1. The van der Waals surface area contributed by atoms with Crippen LogP contribution >= 0.6 is 0 Å².